The highest BCUT2D eigenvalue weighted by Crippen LogP contribution is 2.22. The first-order chi connectivity index (χ1) is 9.88. The minimum atomic E-state index is -3.61. The third-order valence-corrected chi connectivity index (χ3v) is 5.17. The Morgan fingerprint density at radius 1 is 1.43 bits per heavy atom. The number of hydrogen-bond acceptors (Lipinski definition) is 5. The van der Waals surface area contributed by atoms with Crippen LogP contribution in [-0.4, -0.2) is 46.0 Å². The lowest BCUT2D eigenvalue weighted by Crippen LogP contribution is -2.44. The zero-order chi connectivity index (χ0) is 15.5. The fourth-order valence-electron chi connectivity index (χ4n) is 2.20. The number of rotatable bonds is 6. The summed E-state index contributed by atoms with van der Waals surface area (Å²) in [6.07, 6.45) is 0.0367. The molecular weight excluding hydrogens is 294 g/mol. The summed E-state index contributed by atoms with van der Waals surface area (Å²) in [6.45, 7) is 2.75. The van der Waals surface area contributed by atoms with E-state index < -0.39 is 21.7 Å². The van der Waals surface area contributed by atoms with Gasteiger partial charge in [0.1, 0.15) is 5.60 Å². The van der Waals surface area contributed by atoms with Crippen LogP contribution in [-0.2, 0) is 19.5 Å². The molecule has 1 aliphatic heterocycles. The molecule has 1 heterocycles. The van der Waals surface area contributed by atoms with Crippen molar-refractivity contribution >= 4 is 10.0 Å². The van der Waals surface area contributed by atoms with E-state index in [-0.39, 0.29) is 11.4 Å². The van der Waals surface area contributed by atoms with Gasteiger partial charge in [-0.1, -0.05) is 12.1 Å². The van der Waals surface area contributed by atoms with E-state index in [0.717, 1.165) is 0 Å². The number of nitrogens with one attached hydrogen (secondary N) is 1. The third-order valence-electron chi connectivity index (χ3n) is 3.76. The van der Waals surface area contributed by atoms with Crippen LogP contribution < -0.4 is 4.72 Å². The van der Waals surface area contributed by atoms with E-state index in [9.17, 15) is 13.5 Å². The van der Waals surface area contributed by atoms with Crippen molar-refractivity contribution < 1.29 is 23.0 Å². The van der Waals surface area contributed by atoms with E-state index in [1.807, 2.05) is 0 Å². The number of aliphatic hydroxyl groups is 1. The van der Waals surface area contributed by atoms with Gasteiger partial charge in [0.15, 0.2) is 0 Å². The molecule has 2 N–H and O–H groups in total. The van der Waals surface area contributed by atoms with Gasteiger partial charge in [-0.25, -0.2) is 13.1 Å². The summed E-state index contributed by atoms with van der Waals surface area (Å²) in [5.41, 5.74) is 0.0820. The van der Waals surface area contributed by atoms with Gasteiger partial charge in [0.25, 0.3) is 0 Å². The maximum absolute atomic E-state index is 12.3. The molecule has 1 fully saturated rings. The molecule has 21 heavy (non-hydrogen) atoms. The van der Waals surface area contributed by atoms with Gasteiger partial charge in [-0.2, -0.15) is 0 Å². The van der Waals surface area contributed by atoms with Crippen LogP contribution in [0.25, 0.3) is 0 Å². The number of methoxy groups -OCH3 is 1. The average molecular weight is 315 g/mol. The highest BCUT2D eigenvalue weighted by Gasteiger charge is 2.36. The molecule has 0 bridgehead atoms. The van der Waals surface area contributed by atoms with E-state index in [1.165, 1.54) is 12.1 Å². The summed E-state index contributed by atoms with van der Waals surface area (Å²) in [7, 11) is -2.05. The Morgan fingerprint density at radius 3 is 2.57 bits per heavy atom. The molecular formula is C14H21NO5S. The van der Waals surface area contributed by atoms with Gasteiger partial charge in [-0.3, -0.25) is 0 Å². The Morgan fingerprint density at radius 2 is 2.10 bits per heavy atom. The van der Waals surface area contributed by atoms with Crippen molar-refractivity contribution in [2.24, 2.45) is 0 Å². The van der Waals surface area contributed by atoms with Crippen LogP contribution >= 0.6 is 0 Å². The molecule has 0 spiro atoms. The van der Waals surface area contributed by atoms with Gasteiger partial charge in [-0.05, 0) is 24.6 Å². The van der Waals surface area contributed by atoms with E-state index in [1.54, 1.807) is 26.2 Å². The lowest BCUT2D eigenvalue weighted by atomic mass is 10.0. The SMILES string of the molecule is COC1(CNS(=O)(=O)c2ccc(C(C)O)cc2)CCOC1. The van der Waals surface area contributed by atoms with Crippen molar-refractivity contribution in [3.05, 3.63) is 29.8 Å². The lowest BCUT2D eigenvalue weighted by molar-refractivity contribution is -0.0120. The number of aliphatic hydroxyl groups excluding tert-OH is 1. The molecule has 6 nitrogen and oxygen atoms in total. The summed E-state index contributed by atoms with van der Waals surface area (Å²) in [5.74, 6) is 0. The van der Waals surface area contributed by atoms with Gasteiger partial charge in [0, 0.05) is 26.7 Å². The van der Waals surface area contributed by atoms with E-state index in [0.29, 0.717) is 25.2 Å². The summed E-state index contributed by atoms with van der Waals surface area (Å²) < 4.78 is 37.8. The molecule has 1 aromatic rings. The summed E-state index contributed by atoms with van der Waals surface area (Å²) in [5, 5.41) is 9.43. The molecule has 0 aromatic heterocycles. The van der Waals surface area contributed by atoms with E-state index >= 15 is 0 Å². The Kier molecular flexibility index (Phi) is 5.00. The van der Waals surface area contributed by atoms with Crippen molar-refractivity contribution in [2.75, 3.05) is 26.9 Å². The molecule has 0 radical (unpaired) electrons. The third kappa shape index (κ3) is 3.81. The Labute approximate surface area is 125 Å². The topological polar surface area (TPSA) is 84.9 Å². The highest BCUT2D eigenvalue weighted by atomic mass is 32.2. The lowest BCUT2D eigenvalue weighted by Gasteiger charge is -2.25. The second-order valence-electron chi connectivity index (χ2n) is 5.26. The zero-order valence-corrected chi connectivity index (χ0v) is 13.0. The second kappa shape index (κ2) is 6.41. The Hall–Kier alpha value is -0.990. The number of sulfonamides is 1. The Bertz CT molecular complexity index is 562. The van der Waals surface area contributed by atoms with Crippen molar-refractivity contribution in [2.45, 2.75) is 29.9 Å². The van der Waals surface area contributed by atoms with Crippen molar-refractivity contribution in [1.29, 1.82) is 0 Å². The number of hydrogen-bond donors (Lipinski definition) is 2. The van der Waals surface area contributed by atoms with Crippen LogP contribution in [0.3, 0.4) is 0 Å². The van der Waals surface area contributed by atoms with Crippen LogP contribution in [0.5, 0.6) is 0 Å². The summed E-state index contributed by atoms with van der Waals surface area (Å²) in [4.78, 5) is 0.164. The fraction of sp³-hybridized carbons (Fsp3) is 0.571. The van der Waals surface area contributed by atoms with Crippen molar-refractivity contribution in [3.8, 4) is 0 Å². The van der Waals surface area contributed by atoms with Gasteiger partial charge < -0.3 is 14.6 Å². The predicted molar refractivity (Wildman–Crippen MR) is 77.4 cm³/mol. The maximum atomic E-state index is 12.3. The molecule has 1 aliphatic rings. The van der Waals surface area contributed by atoms with Crippen LogP contribution in [0.1, 0.15) is 25.0 Å². The van der Waals surface area contributed by atoms with E-state index in [2.05, 4.69) is 4.72 Å². The molecule has 2 unspecified atom stereocenters. The standard InChI is InChI=1S/C14H21NO5S/c1-11(16)12-3-5-13(6-4-12)21(17,18)15-9-14(19-2)7-8-20-10-14/h3-6,11,15-16H,7-10H2,1-2H3. The van der Waals surface area contributed by atoms with Gasteiger partial charge in [0.05, 0.1) is 17.6 Å². The molecule has 0 saturated carbocycles. The monoisotopic (exact) mass is 315 g/mol. The zero-order valence-electron chi connectivity index (χ0n) is 12.2. The quantitative estimate of drug-likeness (QED) is 0.812. The van der Waals surface area contributed by atoms with Crippen LogP contribution in [0, 0.1) is 0 Å². The Balaban J connectivity index is 2.07. The molecule has 118 valence electrons. The van der Waals surface area contributed by atoms with Crippen molar-refractivity contribution in [3.63, 3.8) is 0 Å². The molecule has 1 saturated heterocycles. The largest absolute Gasteiger partial charge is 0.389 e. The minimum absolute atomic E-state index is 0.164. The van der Waals surface area contributed by atoms with Crippen molar-refractivity contribution in [1.82, 2.24) is 4.72 Å². The van der Waals surface area contributed by atoms with Crippen LogP contribution in [0.4, 0.5) is 0 Å². The number of ether oxygens (including phenoxy) is 2. The van der Waals surface area contributed by atoms with Gasteiger partial charge >= 0.3 is 0 Å². The first-order valence-electron chi connectivity index (χ1n) is 6.79. The molecule has 2 atom stereocenters. The molecule has 0 aliphatic carbocycles. The summed E-state index contributed by atoms with van der Waals surface area (Å²) >= 11 is 0. The average Bonchev–Trinajstić information content (AvgIpc) is 2.95. The molecule has 7 heteroatoms. The van der Waals surface area contributed by atoms with Gasteiger partial charge in [0.2, 0.25) is 10.0 Å². The molecule has 0 amide bonds. The highest BCUT2D eigenvalue weighted by molar-refractivity contribution is 7.89. The van der Waals surface area contributed by atoms with Crippen LogP contribution in [0.15, 0.2) is 29.2 Å². The summed E-state index contributed by atoms with van der Waals surface area (Å²) in [6, 6.07) is 6.16. The number of benzene rings is 1. The maximum Gasteiger partial charge on any atom is 0.240 e. The van der Waals surface area contributed by atoms with Crippen LogP contribution in [0.2, 0.25) is 0 Å². The molecule has 1 aromatic carbocycles. The first-order valence-corrected chi connectivity index (χ1v) is 8.27. The smallest absolute Gasteiger partial charge is 0.240 e. The minimum Gasteiger partial charge on any atom is -0.389 e. The second-order valence-corrected chi connectivity index (χ2v) is 7.03. The first kappa shape index (κ1) is 16.4. The van der Waals surface area contributed by atoms with Gasteiger partial charge in [-0.15, -0.1) is 0 Å². The predicted octanol–water partition coefficient (Wildman–Crippen LogP) is 0.824. The molecule has 2 rings (SSSR count). The van der Waals surface area contributed by atoms with E-state index in [4.69, 9.17) is 9.47 Å². The normalized spacial score (nSPS) is 24.1. The fourth-order valence-corrected chi connectivity index (χ4v) is 3.31.